The lowest BCUT2D eigenvalue weighted by Gasteiger charge is -2.45. The van der Waals surface area contributed by atoms with Crippen LogP contribution in [0.2, 0.25) is 0 Å². The van der Waals surface area contributed by atoms with E-state index in [1.807, 2.05) is 19.9 Å². The Balaban J connectivity index is 1.65. The summed E-state index contributed by atoms with van der Waals surface area (Å²) in [5.41, 5.74) is 0.349. The van der Waals surface area contributed by atoms with Crippen LogP contribution >= 0.6 is 0 Å². The van der Waals surface area contributed by atoms with Crippen molar-refractivity contribution >= 4 is 12.0 Å². The first-order valence-electron chi connectivity index (χ1n) is 10.6. The Morgan fingerprint density at radius 2 is 1.83 bits per heavy atom. The molecule has 1 aromatic rings. The number of nitrogens with one attached hydrogen (secondary N) is 1. The Morgan fingerprint density at radius 1 is 1.17 bits per heavy atom. The van der Waals surface area contributed by atoms with Gasteiger partial charge in [0.1, 0.15) is 36.3 Å². The van der Waals surface area contributed by atoms with Gasteiger partial charge in [-0.2, -0.15) is 0 Å². The van der Waals surface area contributed by atoms with Crippen molar-refractivity contribution in [2.45, 2.75) is 31.6 Å². The van der Waals surface area contributed by atoms with Gasteiger partial charge in [-0.05, 0) is 32.1 Å². The molecule has 0 unspecified atom stereocenters. The van der Waals surface area contributed by atoms with E-state index in [2.05, 4.69) is 0 Å². The van der Waals surface area contributed by atoms with E-state index in [1.165, 1.54) is 6.08 Å². The molecule has 0 aliphatic carbocycles. The van der Waals surface area contributed by atoms with E-state index < -0.39 is 11.7 Å². The third-order valence-corrected chi connectivity index (χ3v) is 6.22. The molecule has 0 radical (unpaired) electrons. The lowest BCUT2D eigenvalue weighted by Crippen LogP contribution is -3.15. The zero-order chi connectivity index (χ0) is 21.3. The normalized spacial score (nSPS) is 27.0. The molecule has 1 aromatic carbocycles. The molecule has 3 aliphatic rings. The Morgan fingerprint density at radius 3 is 2.53 bits per heavy atom. The van der Waals surface area contributed by atoms with Crippen molar-refractivity contribution in [1.82, 2.24) is 4.90 Å². The molecule has 2 fully saturated rings. The predicted octanol–water partition coefficient (Wildman–Crippen LogP) is -0.248. The average Bonchev–Trinajstić information content (AvgIpc) is 2.75. The van der Waals surface area contributed by atoms with Gasteiger partial charge in [0.2, 0.25) is 5.91 Å². The molecule has 0 bridgehead atoms. The van der Waals surface area contributed by atoms with E-state index >= 15 is 0 Å². The quantitative estimate of drug-likeness (QED) is 0.586. The molecule has 2 saturated heterocycles. The van der Waals surface area contributed by atoms with Crippen LogP contribution in [0.3, 0.4) is 0 Å². The van der Waals surface area contributed by atoms with Crippen LogP contribution in [0.5, 0.6) is 11.5 Å². The first kappa shape index (κ1) is 21.1. The molecule has 0 spiro atoms. The number of morpholine rings is 2. The number of ether oxygens (including phenoxy) is 3. The minimum atomic E-state index is -0.793. The molecule has 8 nitrogen and oxygen atoms in total. The van der Waals surface area contributed by atoms with E-state index in [0.29, 0.717) is 56.4 Å². The fourth-order valence-corrected chi connectivity index (χ4v) is 4.46. The van der Waals surface area contributed by atoms with Gasteiger partial charge in [-0.25, -0.2) is 0 Å². The summed E-state index contributed by atoms with van der Waals surface area (Å²) in [6.07, 6.45) is 2.32. The van der Waals surface area contributed by atoms with Crippen molar-refractivity contribution in [3.8, 4) is 11.5 Å². The molecule has 164 valence electrons. The molecule has 8 heteroatoms. The van der Waals surface area contributed by atoms with E-state index in [0.717, 1.165) is 18.0 Å². The van der Waals surface area contributed by atoms with Gasteiger partial charge in [0, 0.05) is 24.7 Å². The number of aliphatic hydroxyl groups excluding tert-OH is 1. The Labute approximate surface area is 176 Å². The Kier molecular flexibility index (Phi) is 6.02. The van der Waals surface area contributed by atoms with Crippen molar-refractivity contribution in [3.05, 3.63) is 29.3 Å². The summed E-state index contributed by atoms with van der Waals surface area (Å²) in [6, 6.07) is 3.22. The number of carbonyl (C=O) groups is 1. The minimum Gasteiger partial charge on any atom is -0.507 e. The van der Waals surface area contributed by atoms with Gasteiger partial charge in [0.05, 0.1) is 32.0 Å². The van der Waals surface area contributed by atoms with Gasteiger partial charge in [0.25, 0.3) is 0 Å². The molecular formula is C22H31N2O6+. The zero-order valence-corrected chi connectivity index (χ0v) is 17.6. The van der Waals surface area contributed by atoms with Crippen LogP contribution in [0.4, 0.5) is 0 Å². The van der Waals surface area contributed by atoms with Crippen molar-refractivity contribution in [1.29, 1.82) is 0 Å². The summed E-state index contributed by atoms with van der Waals surface area (Å²) < 4.78 is 16.8. The standard InChI is InChI=1S/C22H30N2O6/c1-22(2)21(27)19(24-9-13-29-14-10-24)18-16(30-22)5-3-15(20(18)26)4-6-17(25)23-7-11-28-12-8-23/h3-6,19,21,26-27H,7-14H2,1-2H3/p+1/b6-4+/t19-,21-/m1/s1. The lowest BCUT2D eigenvalue weighted by molar-refractivity contribution is -0.944. The minimum absolute atomic E-state index is 0.0528. The van der Waals surface area contributed by atoms with Crippen molar-refractivity contribution in [2.75, 3.05) is 52.6 Å². The van der Waals surface area contributed by atoms with Gasteiger partial charge in [-0.15, -0.1) is 0 Å². The number of aliphatic hydroxyl groups is 1. The van der Waals surface area contributed by atoms with Gasteiger partial charge >= 0.3 is 0 Å². The third-order valence-electron chi connectivity index (χ3n) is 6.22. The van der Waals surface area contributed by atoms with Crippen molar-refractivity contribution in [3.63, 3.8) is 0 Å². The number of quaternary nitrogens is 1. The van der Waals surface area contributed by atoms with Gasteiger partial charge in [0.15, 0.2) is 6.04 Å². The van der Waals surface area contributed by atoms with Gasteiger partial charge in [-0.1, -0.05) is 0 Å². The second kappa shape index (κ2) is 8.55. The van der Waals surface area contributed by atoms with Crippen LogP contribution in [-0.4, -0.2) is 85.3 Å². The number of phenolic OH excluding ortho intramolecular Hbond substituents is 1. The number of hydrogen-bond acceptors (Lipinski definition) is 6. The van der Waals surface area contributed by atoms with Crippen LogP contribution in [-0.2, 0) is 14.3 Å². The highest BCUT2D eigenvalue weighted by Crippen LogP contribution is 2.44. The average molecular weight is 419 g/mol. The summed E-state index contributed by atoms with van der Waals surface area (Å²) in [6.45, 7) is 8.65. The molecule has 30 heavy (non-hydrogen) atoms. The van der Waals surface area contributed by atoms with Crippen LogP contribution in [0.15, 0.2) is 18.2 Å². The number of amides is 1. The first-order valence-corrected chi connectivity index (χ1v) is 10.6. The molecule has 3 N–H and O–H groups in total. The summed E-state index contributed by atoms with van der Waals surface area (Å²) >= 11 is 0. The Bertz CT molecular complexity index is 812. The first-order chi connectivity index (χ1) is 14.4. The fraction of sp³-hybridized carbons (Fsp3) is 0.591. The highest BCUT2D eigenvalue weighted by Gasteiger charge is 2.49. The number of rotatable bonds is 3. The maximum atomic E-state index is 12.4. The molecule has 0 saturated carbocycles. The number of nitrogens with zero attached hydrogens (tertiary/aromatic N) is 1. The SMILES string of the molecule is CC1(C)Oc2ccc(/C=C/C(=O)N3CCOCC3)c(O)c2[C@@H]([NH+]2CCOCC2)[C@H]1O. The maximum absolute atomic E-state index is 12.4. The summed E-state index contributed by atoms with van der Waals surface area (Å²) in [5, 5.41) is 22.2. The van der Waals surface area contributed by atoms with E-state index in [9.17, 15) is 15.0 Å². The van der Waals surface area contributed by atoms with Crippen molar-refractivity contribution < 1.29 is 34.1 Å². The maximum Gasteiger partial charge on any atom is 0.246 e. The number of phenols is 1. The van der Waals surface area contributed by atoms with Gasteiger partial charge in [-0.3, -0.25) is 4.79 Å². The van der Waals surface area contributed by atoms with Crippen LogP contribution in [0.25, 0.3) is 6.08 Å². The van der Waals surface area contributed by atoms with E-state index in [-0.39, 0.29) is 17.7 Å². The molecule has 0 aromatic heterocycles. The van der Waals surface area contributed by atoms with Crippen LogP contribution in [0.1, 0.15) is 31.0 Å². The number of benzene rings is 1. The molecule has 3 aliphatic heterocycles. The number of aromatic hydroxyl groups is 1. The summed E-state index contributed by atoms with van der Waals surface area (Å²) in [5.74, 6) is 0.517. The molecule has 1 amide bonds. The van der Waals surface area contributed by atoms with Crippen LogP contribution < -0.4 is 9.64 Å². The smallest absolute Gasteiger partial charge is 0.246 e. The molecule has 4 rings (SSSR count). The number of hydrogen-bond donors (Lipinski definition) is 3. The fourth-order valence-electron chi connectivity index (χ4n) is 4.46. The van der Waals surface area contributed by atoms with E-state index in [1.54, 1.807) is 17.0 Å². The largest absolute Gasteiger partial charge is 0.507 e. The number of carbonyl (C=O) groups excluding carboxylic acids is 1. The lowest BCUT2D eigenvalue weighted by atomic mass is 9.84. The molecular weight excluding hydrogens is 388 g/mol. The second-order valence-corrected chi connectivity index (χ2v) is 8.58. The Hall–Kier alpha value is -2.13. The van der Waals surface area contributed by atoms with E-state index in [4.69, 9.17) is 14.2 Å². The topological polar surface area (TPSA) is 92.9 Å². The number of fused-ring (bicyclic) bond motifs is 1. The van der Waals surface area contributed by atoms with Gasteiger partial charge < -0.3 is 34.2 Å². The van der Waals surface area contributed by atoms with Crippen molar-refractivity contribution in [2.24, 2.45) is 0 Å². The molecule has 2 atom stereocenters. The predicted molar refractivity (Wildman–Crippen MR) is 110 cm³/mol. The summed E-state index contributed by atoms with van der Waals surface area (Å²) in [7, 11) is 0. The monoisotopic (exact) mass is 419 g/mol. The third kappa shape index (κ3) is 4.05. The highest BCUT2D eigenvalue weighted by atomic mass is 16.5. The second-order valence-electron chi connectivity index (χ2n) is 8.58. The molecule has 3 heterocycles. The highest BCUT2D eigenvalue weighted by molar-refractivity contribution is 5.92. The van der Waals surface area contributed by atoms with Crippen LogP contribution in [0, 0.1) is 0 Å². The zero-order valence-electron chi connectivity index (χ0n) is 17.6. The summed E-state index contributed by atoms with van der Waals surface area (Å²) in [4.78, 5) is 15.3.